The van der Waals surface area contributed by atoms with E-state index in [0.717, 1.165) is 5.56 Å². The van der Waals surface area contributed by atoms with Crippen molar-refractivity contribution in [1.29, 1.82) is 0 Å². The van der Waals surface area contributed by atoms with Crippen LogP contribution in [0.5, 0.6) is 0 Å². The molecule has 3 amide bonds. The Labute approximate surface area is 225 Å². The van der Waals surface area contributed by atoms with Crippen LogP contribution in [0.2, 0.25) is 0 Å². The Kier molecular flexibility index (Phi) is 8.34. The highest BCUT2D eigenvalue weighted by molar-refractivity contribution is 5.98. The number of fused-ring (bicyclic) bond motifs is 1. The third kappa shape index (κ3) is 6.32. The first-order valence-electron chi connectivity index (χ1n) is 13.6. The number of carbonyl (C=O) groups excluding carboxylic acids is 4. The fraction of sp³-hybridized carbons (Fsp3) is 0.484. The van der Waals surface area contributed by atoms with Gasteiger partial charge in [0.2, 0.25) is 11.8 Å². The molecule has 0 aromatic heterocycles. The van der Waals surface area contributed by atoms with E-state index in [1.165, 1.54) is 5.56 Å². The molecule has 4 rings (SSSR count). The molecule has 202 valence electrons. The summed E-state index contributed by atoms with van der Waals surface area (Å²) >= 11 is 0. The molecular weight excluding hydrogens is 478 g/mol. The highest BCUT2D eigenvalue weighted by Crippen LogP contribution is 2.31. The summed E-state index contributed by atoms with van der Waals surface area (Å²) in [6, 6.07) is 16.4. The molecule has 3 unspecified atom stereocenters. The highest BCUT2D eigenvalue weighted by atomic mass is 16.2. The molecule has 2 saturated heterocycles. The number of hydrogen-bond acceptors (Lipinski definition) is 4. The SMILES string of the molecule is CC(CCNC(=O)c1ccc(C(C)(C)C)cc1)CC(=O)N1CCC2C1C(=O)CN2C(=O)Cc1ccccc1. The first-order chi connectivity index (χ1) is 18.0. The molecule has 7 heteroatoms. The van der Waals surface area contributed by atoms with Crippen molar-refractivity contribution in [3.8, 4) is 0 Å². The van der Waals surface area contributed by atoms with Crippen LogP contribution in [-0.4, -0.2) is 65.0 Å². The number of ketones is 1. The summed E-state index contributed by atoms with van der Waals surface area (Å²) in [5, 5.41) is 2.95. The van der Waals surface area contributed by atoms with Crippen LogP contribution in [-0.2, 0) is 26.2 Å². The summed E-state index contributed by atoms with van der Waals surface area (Å²) in [5.41, 5.74) is 2.75. The molecule has 2 aromatic carbocycles. The zero-order valence-electron chi connectivity index (χ0n) is 22.9. The van der Waals surface area contributed by atoms with Crippen LogP contribution in [0.1, 0.15) is 68.4 Å². The van der Waals surface area contributed by atoms with E-state index in [4.69, 9.17) is 0 Å². The molecule has 7 nitrogen and oxygen atoms in total. The van der Waals surface area contributed by atoms with Crippen LogP contribution >= 0.6 is 0 Å². The monoisotopic (exact) mass is 517 g/mol. The maximum absolute atomic E-state index is 13.1. The van der Waals surface area contributed by atoms with Gasteiger partial charge in [-0.3, -0.25) is 19.2 Å². The third-order valence-corrected chi connectivity index (χ3v) is 7.72. The van der Waals surface area contributed by atoms with E-state index >= 15 is 0 Å². The van der Waals surface area contributed by atoms with E-state index in [1.54, 1.807) is 9.80 Å². The molecule has 0 saturated carbocycles. The molecule has 0 radical (unpaired) electrons. The zero-order chi connectivity index (χ0) is 27.4. The van der Waals surface area contributed by atoms with E-state index in [0.29, 0.717) is 37.9 Å². The van der Waals surface area contributed by atoms with Gasteiger partial charge in [-0.05, 0) is 47.4 Å². The van der Waals surface area contributed by atoms with Crippen molar-refractivity contribution in [3.63, 3.8) is 0 Å². The van der Waals surface area contributed by atoms with E-state index in [-0.39, 0.29) is 53.8 Å². The lowest BCUT2D eigenvalue weighted by atomic mass is 9.87. The lowest BCUT2D eigenvalue weighted by molar-refractivity contribution is -0.137. The summed E-state index contributed by atoms with van der Waals surface area (Å²) in [4.78, 5) is 54.8. The summed E-state index contributed by atoms with van der Waals surface area (Å²) in [5.74, 6) is -0.247. The van der Waals surface area contributed by atoms with Gasteiger partial charge in [-0.15, -0.1) is 0 Å². The van der Waals surface area contributed by atoms with Crippen LogP contribution in [0.4, 0.5) is 0 Å². The minimum Gasteiger partial charge on any atom is -0.352 e. The van der Waals surface area contributed by atoms with Crippen LogP contribution in [0.3, 0.4) is 0 Å². The van der Waals surface area contributed by atoms with Crippen molar-refractivity contribution in [2.24, 2.45) is 5.92 Å². The number of nitrogens with zero attached hydrogens (tertiary/aromatic N) is 2. The number of Topliss-reactive ketones (excluding diaryl/α,β-unsaturated/α-hetero) is 1. The molecule has 0 aliphatic carbocycles. The van der Waals surface area contributed by atoms with Gasteiger partial charge in [0.05, 0.1) is 19.0 Å². The first kappa shape index (κ1) is 27.6. The van der Waals surface area contributed by atoms with Crippen LogP contribution in [0.15, 0.2) is 54.6 Å². The number of amides is 3. The van der Waals surface area contributed by atoms with Gasteiger partial charge in [-0.1, -0.05) is 70.2 Å². The van der Waals surface area contributed by atoms with Crippen molar-refractivity contribution in [2.75, 3.05) is 19.6 Å². The predicted molar refractivity (Wildman–Crippen MR) is 147 cm³/mol. The standard InChI is InChI=1S/C31H39N3O4/c1-21(14-16-32-30(38)23-10-12-24(13-11-23)31(2,3)4)18-27(36)33-17-15-25-29(33)26(35)20-34(25)28(37)19-22-8-6-5-7-9-22/h5-13,21,25,29H,14-20H2,1-4H3,(H,32,38). The fourth-order valence-electron chi connectivity index (χ4n) is 5.47. The third-order valence-electron chi connectivity index (χ3n) is 7.72. The van der Waals surface area contributed by atoms with E-state index in [2.05, 4.69) is 26.1 Å². The smallest absolute Gasteiger partial charge is 0.251 e. The van der Waals surface area contributed by atoms with Crippen molar-refractivity contribution in [3.05, 3.63) is 71.3 Å². The fourth-order valence-corrected chi connectivity index (χ4v) is 5.47. The van der Waals surface area contributed by atoms with Crippen molar-refractivity contribution in [2.45, 2.75) is 70.9 Å². The molecular formula is C31H39N3O4. The molecule has 2 heterocycles. The highest BCUT2D eigenvalue weighted by Gasteiger charge is 2.51. The zero-order valence-corrected chi connectivity index (χ0v) is 22.9. The van der Waals surface area contributed by atoms with Crippen molar-refractivity contribution >= 4 is 23.5 Å². The number of carbonyl (C=O) groups is 4. The van der Waals surface area contributed by atoms with Gasteiger partial charge in [0, 0.05) is 25.1 Å². The Morgan fingerprint density at radius 3 is 2.32 bits per heavy atom. The Hall–Kier alpha value is -3.48. The summed E-state index contributed by atoms with van der Waals surface area (Å²) in [6.07, 6.45) is 1.86. The number of rotatable bonds is 8. The van der Waals surface area contributed by atoms with Gasteiger partial charge in [-0.25, -0.2) is 0 Å². The molecule has 0 spiro atoms. The molecule has 2 fully saturated rings. The van der Waals surface area contributed by atoms with Gasteiger partial charge in [-0.2, -0.15) is 0 Å². The molecule has 1 N–H and O–H groups in total. The Bertz CT molecular complexity index is 1170. The maximum atomic E-state index is 13.1. The topological polar surface area (TPSA) is 86.8 Å². The molecule has 38 heavy (non-hydrogen) atoms. The van der Waals surface area contributed by atoms with Crippen LogP contribution in [0.25, 0.3) is 0 Å². The number of hydrogen-bond donors (Lipinski definition) is 1. The Balaban J connectivity index is 1.24. The van der Waals surface area contributed by atoms with Gasteiger partial charge >= 0.3 is 0 Å². The lowest BCUT2D eigenvalue weighted by Gasteiger charge is -2.25. The van der Waals surface area contributed by atoms with Gasteiger partial charge in [0.15, 0.2) is 5.78 Å². The van der Waals surface area contributed by atoms with Crippen LogP contribution in [0, 0.1) is 5.92 Å². The number of benzene rings is 2. The number of likely N-dealkylation sites (tertiary alicyclic amines) is 2. The molecule has 0 bridgehead atoms. The predicted octanol–water partition coefficient (Wildman–Crippen LogP) is 3.75. The number of nitrogens with one attached hydrogen (secondary N) is 1. The van der Waals surface area contributed by atoms with Gasteiger partial charge in [0.25, 0.3) is 5.91 Å². The summed E-state index contributed by atoms with van der Waals surface area (Å²) < 4.78 is 0. The Morgan fingerprint density at radius 1 is 0.974 bits per heavy atom. The van der Waals surface area contributed by atoms with Crippen LogP contribution < -0.4 is 5.32 Å². The van der Waals surface area contributed by atoms with Gasteiger partial charge in [0.1, 0.15) is 6.04 Å². The molecule has 2 aliphatic rings. The maximum Gasteiger partial charge on any atom is 0.251 e. The summed E-state index contributed by atoms with van der Waals surface area (Å²) in [7, 11) is 0. The largest absolute Gasteiger partial charge is 0.352 e. The second-order valence-electron chi connectivity index (χ2n) is 11.7. The normalized spacial score (nSPS) is 19.8. The molecule has 2 aliphatic heterocycles. The Morgan fingerprint density at radius 2 is 1.66 bits per heavy atom. The second kappa shape index (κ2) is 11.5. The minimum absolute atomic E-state index is 0.0332. The van der Waals surface area contributed by atoms with Gasteiger partial charge < -0.3 is 15.1 Å². The average Bonchev–Trinajstić information content (AvgIpc) is 3.45. The lowest BCUT2D eigenvalue weighted by Crippen LogP contribution is -2.44. The average molecular weight is 518 g/mol. The molecule has 2 aromatic rings. The minimum atomic E-state index is -0.537. The van der Waals surface area contributed by atoms with E-state index in [1.807, 2.05) is 61.5 Å². The van der Waals surface area contributed by atoms with Crippen molar-refractivity contribution in [1.82, 2.24) is 15.1 Å². The van der Waals surface area contributed by atoms with Crippen molar-refractivity contribution < 1.29 is 19.2 Å². The van der Waals surface area contributed by atoms with E-state index in [9.17, 15) is 19.2 Å². The first-order valence-corrected chi connectivity index (χ1v) is 13.6. The van der Waals surface area contributed by atoms with E-state index < -0.39 is 6.04 Å². The summed E-state index contributed by atoms with van der Waals surface area (Å²) in [6.45, 7) is 9.43. The molecule has 3 atom stereocenters. The quantitative estimate of drug-likeness (QED) is 0.578. The second-order valence-corrected chi connectivity index (χ2v) is 11.7.